The van der Waals surface area contributed by atoms with Gasteiger partial charge in [-0.1, -0.05) is 18.2 Å². The van der Waals surface area contributed by atoms with E-state index in [-0.39, 0.29) is 0 Å². The van der Waals surface area contributed by atoms with Crippen molar-refractivity contribution in [1.29, 1.82) is 0 Å². The van der Waals surface area contributed by atoms with E-state index < -0.39 is 5.66 Å². The highest BCUT2D eigenvalue weighted by Gasteiger charge is 2.32. The second-order valence-corrected chi connectivity index (χ2v) is 6.23. The molecule has 0 bridgehead atoms. The number of thiophene rings is 1. The zero-order valence-corrected chi connectivity index (χ0v) is 13.0. The monoisotopic (exact) mass is 305 g/mol. The minimum Gasteiger partial charge on any atom is -0.357 e. The van der Waals surface area contributed by atoms with E-state index in [4.69, 9.17) is 4.99 Å². The Morgan fingerprint density at radius 2 is 1.86 bits per heavy atom. The van der Waals surface area contributed by atoms with Crippen molar-refractivity contribution in [2.45, 2.75) is 12.6 Å². The van der Waals surface area contributed by atoms with Crippen molar-refractivity contribution in [2.24, 2.45) is 4.99 Å². The lowest BCUT2D eigenvalue weighted by molar-refractivity contribution is 0.571. The fourth-order valence-electron chi connectivity index (χ4n) is 2.81. The van der Waals surface area contributed by atoms with Crippen LogP contribution < -0.4 is 5.32 Å². The first kappa shape index (κ1) is 13.2. The number of benzene rings is 1. The minimum atomic E-state index is -0.492. The predicted octanol–water partition coefficient (Wildman–Crippen LogP) is 4.28. The van der Waals surface area contributed by atoms with E-state index in [0.29, 0.717) is 0 Å². The van der Waals surface area contributed by atoms with Crippen LogP contribution in [0.15, 0.2) is 70.6 Å². The Kier molecular flexibility index (Phi) is 3.05. The van der Waals surface area contributed by atoms with Gasteiger partial charge >= 0.3 is 0 Å². The summed E-state index contributed by atoms with van der Waals surface area (Å²) in [5, 5.41) is 7.81. The van der Waals surface area contributed by atoms with Crippen LogP contribution in [0, 0.1) is 0 Å². The molecule has 1 aliphatic rings. The van der Waals surface area contributed by atoms with Crippen molar-refractivity contribution in [3.63, 3.8) is 0 Å². The number of aliphatic imine (C=N–C) groups is 1. The van der Waals surface area contributed by atoms with Gasteiger partial charge in [-0.2, -0.15) is 11.3 Å². The van der Waals surface area contributed by atoms with Gasteiger partial charge < -0.3 is 5.32 Å². The van der Waals surface area contributed by atoms with Crippen molar-refractivity contribution in [2.75, 3.05) is 5.32 Å². The second kappa shape index (κ2) is 5.07. The SMILES string of the molecule is CC1(c2ccncc2)N=C(c2ccsc2)c2ccccc2N1. The zero-order valence-electron chi connectivity index (χ0n) is 12.2. The fraction of sp³-hybridized carbons (Fsp3) is 0.111. The molecule has 0 spiro atoms. The first-order chi connectivity index (χ1) is 10.8. The van der Waals surface area contributed by atoms with Crippen LogP contribution in [0.2, 0.25) is 0 Å². The highest BCUT2D eigenvalue weighted by atomic mass is 32.1. The summed E-state index contributed by atoms with van der Waals surface area (Å²) in [6.07, 6.45) is 3.62. The molecule has 0 saturated carbocycles. The van der Waals surface area contributed by atoms with E-state index in [9.17, 15) is 0 Å². The van der Waals surface area contributed by atoms with Gasteiger partial charge in [-0.25, -0.2) is 0 Å². The first-order valence-corrected chi connectivity index (χ1v) is 8.11. The molecule has 3 aromatic rings. The molecular weight excluding hydrogens is 290 g/mol. The predicted molar refractivity (Wildman–Crippen MR) is 91.6 cm³/mol. The van der Waals surface area contributed by atoms with Crippen LogP contribution in [0.25, 0.3) is 0 Å². The Balaban J connectivity index is 1.92. The number of nitrogens with one attached hydrogen (secondary N) is 1. The lowest BCUT2D eigenvalue weighted by atomic mass is 9.94. The Morgan fingerprint density at radius 1 is 1.05 bits per heavy atom. The molecule has 2 aromatic heterocycles. The standard InChI is InChI=1S/C18H15N3S/c1-18(14-6-9-19-10-7-14)20-16-5-3-2-4-15(16)17(21-18)13-8-11-22-12-13/h2-12,20H,1H3. The zero-order chi connectivity index (χ0) is 15.0. The lowest BCUT2D eigenvalue weighted by Gasteiger charge is -2.34. The van der Waals surface area contributed by atoms with Crippen LogP contribution in [0.1, 0.15) is 23.6 Å². The molecule has 1 unspecified atom stereocenters. The van der Waals surface area contributed by atoms with Crippen LogP contribution in [0.5, 0.6) is 0 Å². The highest BCUT2D eigenvalue weighted by Crippen LogP contribution is 2.36. The van der Waals surface area contributed by atoms with E-state index in [0.717, 1.165) is 22.5 Å². The van der Waals surface area contributed by atoms with Gasteiger partial charge in [-0.05, 0) is 36.6 Å². The summed E-state index contributed by atoms with van der Waals surface area (Å²) in [5.41, 5.74) is 5.07. The Bertz CT molecular complexity index is 825. The van der Waals surface area contributed by atoms with Crippen LogP contribution in [-0.4, -0.2) is 10.7 Å². The molecule has 1 aromatic carbocycles. The topological polar surface area (TPSA) is 37.3 Å². The average Bonchev–Trinajstić information content (AvgIpc) is 3.09. The molecule has 0 radical (unpaired) electrons. The molecule has 4 heteroatoms. The van der Waals surface area contributed by atoms with Crippen LogP contribution >= 0.6 is 11.3 Å². The van der Waals surface area contributed by atoms with E-state index in [1.807, 2.05) is 24.5 Å². The maximum atomic E-state index is 5.05. The van der Waals surface area contributed by atoms with E-state index in [1.54, 1.807) is 11.3 Å². The Labute approximate surface area is 133 Å². The van der Waals surface area contributed by atoms with Crippen molar-refractivity contribution in [1.82, 2.24) is 4.98 Å². The van der Waals surface area contributed by atoms with Gasteiger partial charge in [0.25, 0.3) is 0 Å². The normalized spacial score (nSPS) is 20.0. The van der Waals surface area contributed by atoms with Crippen LogP contribution in [-0.2, 0) is 5.66 Å². The number of hydrogen-bond donors (Lipinski definition) is 1. The van der Waals surface area contributed by atoms with Crippen molar-refractivity contribution in [3.8, 4) is 0 Å². The Morgan fingerprint density at radius 3 is 2.64 bits per heavy atom. The number of pyridine rings is 1. The molecule has 0 saturated heterocycles. The molecule has 3 heterocycles. The van der Waals surface area contributed by atoms with Crippen LogP contribution in [0.4, 0.5) is 5.69 Å². The minimum absolute atomic E-state index is 0.492. The summed E-state index contributed by atoms with van der Waals surface area (Å²) < 4.78 is 0. The number of hydrogen-bond acceptors (Lipinski definition) is 4. The largest absolute Gasteiger partial charge is 0.357 e. The van der Waals surface area contributed by atoms with Gasteiger partial charge in [-0.3, -0.25) is 9.98 Å². The molecule has 22 heavy (non-hydrogen) atoms. The third-order valence-corrected chi connectivity index (χ3v) is 4.62. The molecule has 1 atom stereocenters. The molecule has 1 aliphatic heterocycles. The van der Waals surface area contributed by atoms with Gasteiger partial charge in [0.05, 0.1) is 5.71 Å². The number of fused-ring (bicyclic) bond motifs is 1. The molecule has 108 valence electrons. The van der Waals surface area contributed by atoms with E-state index in [2.05, 4.69) is 58.3 Å². The van der Waals surface area contributed by atoms with Crippen molar-refractivity contribution in [3.05, 3.63) is 82.3 Å². The fourth-order valence-corrected chi connectivity index (χ4v) is 3.45. The third-order valence-electron chi connectivity index (χ3n) is 3.93. The second-order valence-electron chi connectivity index (χ2n) is 5.45. The quantitative estimate of drug-likeness (QED) is 0.767. The summed E-state index contributed by atoms with van der Waals surface area (Å²) in [7, 11) is 0. The van der Waals surface area contributed by atoms with Crippen molar-refractivity contribution >= 4 is 22.7 Å². The summed E-state index contributed by atoms with van der Waals surface area (Å²) >= 11 is 1.69. The van der Waals surface area contributed by atoms with Gasteiger partial charge in [-0.15, -0.1) is 0 Å². The summed E-state index contributed by atoms with van der Waals surface area (Å²) in [4.78, 5) is 9.16. The maximum Gasteiger partial charge on any atom is 0.153 e. The van der Waals surface area contributed by atoms with E-state index in [1.165, 1.54) is 5.56 Å². The van der Waals surface area contributed by atoms with E-state index >= 15 is 0 Å². The number of para-hydroxylation sites is 1. The smallest absolute Gasteiger partial charge is 0.153 e. The summed E-state index contributed by atoms with van der Waals surface area (Å²) in [6.45, 7) is 2.10. The van der Waals surface area contributed by atoms with Gasteiger partial charge in [0.1, 0.15) is 0 Å². The molecule has 1 N–H and O–H groups in total. The molecule has 0 aliphatic carbocycles. The number of aromatic nitrogens is 1. The molecule has 0 fully saturated rings. The highest BCUT2D eigenvalue weighted by molar-refractivity contribution is 7.08. The molecular formula is C18H15N3S. The molecule has 3 nitrogen and oxygen atoms in total. The number of anilines is 1. The summed E-state index contributed by atoms with van der Waals surface area (Å²) in [6, 6.07) is 14.5. The Hall–Kier alpha value is -2.46. The summed E-state index contributed by atoms with van der Waals surface area (Å²) in [5.74, 6) is 0. The maximum absolute atomic E-state index is 5.05. The number of nitrogens with zero attached hydrogens (tertiary/aromatic N) is 2. The van der Waals surface area contributed by atoms with Crippen LogP contribution in [0.3, 0.4) is 0 Å². The van der Waals surface area contributed by atoms with Crippen molar-refractivity contribution < 1.29 is 0 Å². The average molecular weight is 305 g/mol. The molecule has 0 amide bonds. The third kappa shape index (κ3) is 2.12. The molecule has 4 rings (SSSR count). The van der Waals surface area contributed by atoms with Gasteiger partial charge in [0, 0.05) is 40.2 Å². The number of rotatable bonds is 2. The van der Waals surface area contributed by atoms with Gasteiger partial charge in [0.15, 0.2) is 5.66 Å². The van der Waals surface area contributed by atoms with Gasteiger partial charge in [0.2, 0.25) is 0 Å². The first-order valence-electron chi connectivity index (χ1n) is 7.17. The lowest BCUT2D eigenvalue weighted by Crippen LogP contribution is -2.35.